The van der Waals surface area contributed by atoms with E-state index in [0.29, 0.717) is 0 Å². The van der Waals surface area contributed by atoms with Gasteiger partial charge in [-0.3, -0.25) is 4.79 Å². The third-order valence-electron chi connectivity index (χ3n) is 3.84. The summed E-state index contributed by atoms with van der Waals surface area (Å²) >= 11 is 0. The Kier molecular flexibility index (Phi) is 3.55. The number of aryl methyl sites for hydroxylation is 1. The molecule has 0 saturated carbocycles. The van der Waals surface area contributed by atoms with Crippen molar-refractivity contribution in [1.82, 2.24) is 0 Å². The van der Waals surface area contributed by atoms with Crippen molar-refractivity contribution in [2.75, 3.05) is 11.9 Å². The van der Waals surface area contributed by atoms with Crippen molar-refractivity contribution >= 4 is 11.5 Å². The maximum Gasteiger partial charge on any atom is 0.193 e. The van der Waals surface area contributed by atoms with Gasteiger partial charge in [0.15, 0.2) is 5.78 Å². The van der Waals surface area contributed by atoms with E-state index in [1.807, 2.05) is 24.3 Å². The lowest BCUT2D eigenvalue weighted by Gasteiger charge is -2.06. The zero-order valence-electron chi connectivity index (χ0n) is 11.8. The molecule has 2 aromatic rings. The van der Waals surface area contributed by atoms with E-state index < -0.39 is 0 Å². The van der Waals surface area contributed by atoms with Crippen molar-refractivity contribution in [3.63, 3.8) is 0 Å². The van der Waals surface area contributed by atoms with Crippen LogP contribution in [0.3, 0.4) is 0 Å². The first-order valence-corrected chi connectivity index (χ1v) is 7.28. The molecule has 20 heavy (non-hydrogen) atoms. The van der Waals surface area contributed by atoms with Gasteiger partial charge in [-0.05, 0) is 30.0 Å². The van der Waals surface area contributed by atoms with Crippen molar-refractivity contribution in [1.29, 1.82) is 0 Å². The minimum atomic E-state index is 0.101. The molecule has 0 saturated heterocycles. The molecular formula is C18H19NO. The Labute approximate surface area is 119 Å². The van der Waals surface area contributed by atoms with Gasteiger partial charge in [0.2, 0.25) is 0 Å². The zero-order chi connectivity index (χ0) is 13.9. The third-order valence-corrected chi connectivity index (χ3v) is 3.84. The first-order valence-electron chi connectivity index (χ1n) is 7.28. The fraction of sp³-hybridized carbons (Fsp3) is 0.278. The monoisotopic (exact) mass is 265 g/mol. The highest BCUT2D eigenvalue weighted by atomic mass is 16.1. The molecule has 102 valence electrons. The van der Waals surface area contributed by atoms with E-state index in [-0.39, 0.29) is 5.78 Å². The van der Waals surface area contributed by atoms with Gasteiger partial charge >= 0.3 is 0 Å². The number of ketones is 1. The summed E-state index contributed by atoms with van der Waals surface area (Å²) in [6, 6.07) is 14.0. The molecule has 2 nitrogen and oxygen atoms in total. The first-order chi connectivity index (χ1) is 9.78. The molecule has 0 amide bonds. The highest BCUT2D eigenvalue weighted by molar-refractivity contribution is 6.09. The lowest BCUT2D eigenvalue weighted by molar-refractivity contribution is 0.103. The number of hydrogen-bond donors (Lipinski definition) is 1. The van der Waals surface area contributed by atoms with Crippen molar-refractivity contribution in [2.24, 2.45) is 0 Å². The van der Waals surface area contributed by atoms with Gasteiger partial charge in [0.25, 0.3) is 0 Å². The molecule has 0 aromatic heterocycles. The van der Waals surface area contributed by atoms with Gasteiger partial charge in [-0.2, -0.15) is 0 Å². The van der Waals surface area contributed by atoms with E-state index in [0.717, 1.165) is 42.6 Å². The van der Waals surface area contributed by atoms with Gasteiger partial charge in [-0.15, -0.1) is 0 Å². The first kappa shape index (κ1) is 12.9. The minimum absolute atomic E-state index is 0.101. The van der Waals surface area contributed by atoms with Crippen molar-refractivity contribution in [3.8, 4) is 0 Å². The average Bonchev–Trinajstić information content (AvgIpc) is 2.95. The number of nitrogens with one attached hydrogen (secondary N) is 1. The molecule has 1 aliphatic heterocycles. The highest BCUT2D eigenvalue weighted by Crippen LogP contribution is 2.24. The quantitative estimate of drug-likeness (QED) is 0.851. The summed E-state index contributed by atoms with van der Waals surface area (Å²) in [4.78, 5) is 12.5. The van der Waals surface area contributed by atoms with Gasteiger partial charge in [-0.1, -0.05) is 49.7 Å². The minimum Gasteiger partial charge on any atom is -0.384 e. The molecular weight excluding hydrogens is 246 g/mol. The van der Waals surface area contributed by atoms with Crippen LogP contribution in [0.15, 0.2) is 42.5 Å². The van der Waals surface area contributed by atoms with Crippen LogP contribution < -0.4 is 5.32 Å². The van der Waals surface area contributed by atoms with E-state index in [2.05, 4.69) is 30.4 Å². The zero-order valence-corrected chi connectivity index (χ0v) is 11.8. The molecule has 1 N–H and O–H groups in total. The van der Waals surface area contributed by atoms with Gasteiger partial charge < -0.3 is 5.32 Å². The Morgan fingerprint density at radius 2 is 1.85 bits per heavy atom. The smallest absolute Gasteiger partial charge is 0.193 e. The number of carbonyl (C=O) groups is 1. The Bertz CT molecular complexity index is 628. The normalized spacial score (nSPS) is 12.8. The number of benzene rings is 2. The second kappa shape index (κ2) is 5.49. The maximum absolute atomic E-state index is 12.5. The van der Waals surface area contributed by atoms with Gasteiger partial charge in [0.1, 0.15) is 0 Å². The number of anilines is 1. The largest absolute Gasteiger partial charge is 0.384 e. The fourth-order valence-corrected chi connectivity index (χ4v) is 2.71. The van der Waals surface area contributed by atoms with Crippen LogP contribution in [0.25, 0.3) is 0 Å². The predicted octanol–water partition coefficient (Wildman–Crippen LogP) is 3.84. The maximum atomic E-state index is 12.5. The molecule has 0 unspecified atom stereocenters. The van der Waals surface area contributed by atoms with Gasteiger partial charge in [0.05, 0.1) is 0 Å². The van der Waals surface area contributed by atoms with E-state index in [1.54, 1.807) is 0 Å². The van der Waals surface area contributed by atoms with Crippen LogP contribution in [-0.2, 0) is 12.8 Å². The Balaban J connectivity index is 1.84. The van der Waals surface area contributed by atoms with Crippen LogP contribution >= 0.6 is 0 Å². The summed E-state index contributed by atoms with van der Waals surface area (Å²) in [5.74, 6) is 0.101. The molecule has 1 heterocycles. The number of carbonyl (C=O) groups excluding carboxylic acids is 1. The molecule has 0 bridgehead atoms. The number of hydrogen-bond acceptors (Lipinski definition) is 2. The second-order valence-corrected chi connectivity index (χ2v) is 5.32. The summed E-state index contributed by atoms with van der Waals surface area (Å²) in [5, 5.41) is 3.32. The Morgan fingerprint density at radius 1 is 1.10 bits per heavy atom. The van der Waals surface area contributed by atoms with E-state index in [9.17, 15) is 4.79 Å². The molecule has 0 atom stereocenters. The third kappa shape index (κ3) is 2.46. The van der Waals surface area contributed by atoms with Crippen LogP contribution in [0.1, 0.15) is 40.4 Å². The average molecular weight is 265 g/mol. The molecule has 0 radical (unpaired) electrons. The molecule has 2 heteroatoms. The van der Waals surface area contributed by atoms with Crippen molar-refractivity contribution < 1.29 is 4.79 Å². The molecule has 0 aliphatic carbocycles. The van der Waals surface area contributed by atoms with Gasteiger partial charge in [0, 0.05) is 23.4 Å². The van der Waals surface area contributed by atoms with Crippen molar-refractivity contribution in [3.05, 3.63) is 64.7 Å². The molecule has 2 aromatic carbocycles. The molecule has 0 spiro atoms. The predicted molar refractivity (Wildman–Crippen MR) is 82.5 cm³/mol. The fourth-order valence-electron chi connectivity index (χ4n) is 2.71. The van der Waals surface area contributed by atoms with Crippen LogP contribution in [0.2, 0.25) is 0 Å². The van der Waals surface area contributed by atoms with Crippen LogP contribution in [0.4, 0.5) is 5.69 Å². The Hall–Kier alpha value is -2.09. The van der Waals surface area contributed by atoms with Crippen LogP contribution in [-0.4, -0.2) is 12.3 Å². The van der Waals surface area contributed by atoms with Crippen LogP contribution in [0.5, 0.6) is 0 Å². The summed E-state index contributed by atoms with van der Waals surface area (Å²) in [5.41, 5.74) is 5.24. The number of rotatable bonds is 4. The van der Waals surface area contributed by atoms with E-state index in [4.69, 9.17) is 0 Å². The molecule has 0 fully saturated rings. The van der Waals surface area contributed by atoms with E-state index >= 15 is 0 Å². The Morgan fingerprint density at radius 3 is 2.60 bits per heavy atom. The molecule has 3 rings (SSSR count). The molecule has 1 aliphatic rings. The highest BCUT2D eigenvalue weighted by Gasteiger charge is 2.14. The SMILES string of the molecule is CCCc1ccc(C(=O)c2ccc3c(c2)NCC3)cc1. The van der Waals surface area contributed by atoms with E-state index in [1.165, 1.54) is 11.1 Å². The van der Waals surface area contributed by atoms with Crippen LogP contribution in [0, 0.1) is 0 Å². The lowest BCUT2D eigenvalue weighted by atomic mass is 9.99. The topological polar surface area (TPSA) is 29.1 Å². The van der Waals surface area contributed by atoms with Gasteiger partial charge in [-0.25, -0.2) is 0 Å². The summed E-state index contributed by atoms with van der Waals surface area (Å²) in [6.07, 6.45) is 3.25. The summed E-state index contributed by atoms with van der Waals surface area (Å²) in [7, 11) is 0. The lowest BCUT2D eigenvalue weighted by Crippen LogP contribution is -2.02. The standard InChI is InChI=1S/C18H19NO/c1-2-3-13-4-6-15(7-5-13)18(20)16-9-8-14-10-11-19-17(14)12-16/h4-9,12,19H,2-3,10-11H2,1H3. The van der Waals surface area contributed by atoms with Crippen molar-refractivity contribution in [2.45, 2.75) is 26.2 Å². The number of fused-ring (bicyclic) bond motifs is 1. The second-order valence-electron chi connectivity index (χ2n) is 5.32. The summed E-state index contributed by atoms with van der Waals surface area (Å²) < 4.78 is 0. The summed E-state index contributed by atoms with van der Waals surface area (Å²) in [6.45, 7) is 3.13.